The highest BCUT2D eigenvalue weighted by molar-refractivity contribution is 4.87. The molecule has 2 aliphatic heterocycles. The summed E-state index contributed by atoms with van der Waals surface area (Å²) in [7, 11) is 2.08. The van der Waals surface area contributed by atoms with Crippen LogP contribution in [0.15, 0.2) is 0 Å². The smallest absolute Gasteiger partial charge is 0.0641 e. The zero-order valence-electron chi connectivity index (χ0n) is 11.0. The molecule has 1 unspecified atom stereocenters. The normalized spacial score (nSPS) is 32.8. The second-order valence-electron chi connectivity index (χ2n) is 5.85. The fourth-order valence-corrected chi connectivity index (χ4v) is 3.06. The third kappa shape index (κ3) is 2.96. The Morgan fingerprint density at radius 1 is 1.19 bits per heavy atom. The van der Waals surface area contributed by atoms with Gasteiger partial charge in [0.2, 0.25) is 0 Å². The van der Waals surface area contributed by atoms with E-state index in [-0.39, 0.29) is 5.60 Å². The van der Waals surface area contributed by atoms with Crippen LogP contribution in [0.25, 0.3) is 0 Å². The maximum absolute atomic E-state index is 5.79. The molecule has 2 aliphatic rings. The predicted octanol–water partition coefficient (Wildman–Crippen LogP) is 1.63. The number of nitrogens with one attached hydrogen (secondary N) is 1. The second-order valence-corrected chi connectivity index (χ2v) is 5.85. The Bertz CT molecular complexity index is 222. The van der Waals surface area contributed by atoms with E-state index in [1.807, 2.05) is 0 Å². The van der Waals surface area contributed by atoms with E-state index in [2.05, 4.69) is 31.1 Å². The van der Waals surface area contributed by atoms with Gasteiger partial charge in [-0.15, -0.1) is 0 Å². The van der Waals surface area contributed by atoms with E-state index in [4.69, 9.17) is 4.74 Å². The highest BCUT2D eigenvalue weighted by atomic mass is 16.5. The van der Waals surface area contributed by atoms with Gasteiger partial charge in [0.15, 0.2) is 0 Å². The van der Waals surface area contributed by atoms with Crippen LogP contribution in [0.5, 0.6) is 0 Å². The Labute approximate surface area is 99.5 Å². The lowest BCUT2D eigenvalue weighted by molar-refractivity contribution is -0.0859. The minimum absolute atomic E-state index is 0.0861. The van der Waals surface area contributed by atoms with Crippen molar-refractivity contribution in [3.05, 3.63) is 0 Å². The molecule has 2 saturated heterocycles. The molecule has 0 aromatic heterocycles. The van der Waals surface area contributed by atoms with Gasteiger partial charge < -0.3 is 15.0 Å². The molecule has 2 rings (SSSR count). The minimum atomic E-state index is 0.0861. The molecule has 0 amide bonds. The zero-order chi connectivity index (χ0) is 11.6. The number of rotatable bonds is 2. The van der Waals surface area contributed by atoms with Crippen molar-refractivity contribution in [3.63, 3.8) is 0 Å². The van der Waals surface area contributed by atoms with Crippen molar-refractivity contribution in [2.45, 2.75) is 57.2 Å². The molecule has 3 heteroatoms. The van der Waals surface area contributed by atoms with Gasteiger partial charge >= 0.3 is 0 Å². The molecule has 16 heavy (non-hydrogen) atoms. The lowest BCUT2D eigenvalue weighted by Gasteiger charge is -2.43. The molecule has 0 aliphatic carbocycles. The summed E-state index contributed by atoms with van der Waals surface area (Å²) in [5.41, 5.74) is 0.0861. The largest absolute Gasteiger partial charge is 0.375 e. The molecule has 0 aromatic carbocycles. The standard InChI is InChI=1S/C13H26N2O/c1-13(2)10-12(6-9-16-13)15-7-4-11(14-3)5-8-15/h11-12,14H,4-10H2,1-3H3. The summed E-state index contributed by atoms with van der Waals surface area (Å²) in [5, 5.41) is 3.39. The molecular weight excluding hydrogens is 200 g/mol. The fourth-order valence-electron chi connectivity index (χ4n) is 3.06. The van der Waals surface area contributed by atoms with Crippen LogP contribution in [-0.4, -0.2) is 49.3 Å². The summed E-state index contributed by atoms with van der Waals surface area (Å²) in [5.74, 6) is 0. The Balaban J connectivity index is 1.84. The van der Waals surface area contributed by atoms with Gasteiger partial charge in [0.25, 0.3) is 0 Å². The van der Waals surface area contributed by atoms with E-state index in [9.17, 15) is 0 Å². The van der Waals surface area contributed by atoms with Gasteiger partial charge in [-0.1, -0.05) is 0 Å². The molecule has 0 aromatic rings. The van der Waals surface area contributed by atoms with Gasteiger partial charge in [-0.05, 0) is 59.7 Å². The summed E-state index contributed by atoms with van der Waals surface area (Å²) in [6.07, 6.45) is 5.01. The topological polar surface area (TPSA) is 24.5 Å². The van der Waals surface area contributed by atoms with Gasteiger partial charge in [-0.3, -0.25) is 0 Å². The Kier molecular flexibility index (Phi) is 3.88. The molecule has 2 fully saturated rings. The van der Waals surface area contributed by atoms with Crippen LogP contribution in [-0.2, 0) is 4.74 Å². The highest BCUT2D eigenvalue weighted by Crippen LogP contribution is 2.28. The van der Waals surface area contributed by atoms with Crippen LogP contribution in [0, 0.1) is 0 Å². The fraction of sp³-hybridized carbons (Fsp3) is 1.00. The molecule has 0 radical (unpaired) electrons. The summed E-state index contributed by atoms with van der Waals surface area (Å²) < 4.78 is 5.79. The van der Waals surface area contributed by atoms with Crippen LogP contribution in [0.3, 0.4) is 0 Å². The number of piperidine rings is 1. The summed E-state index contributed by atoms with van der Waals surface area (Å²) in [4.78, 5) is 2.68. The van der Waals surface area contributed by atoms with Gasteiger partial charge in [-0.2, -0.15) is 0 Å². The van der Waals surface area contributed by atoms with E-state index in [0.29, 0.717) is 0 Å². The number of nitrogens with zero attached hydrogens (tertiary/aromatic N) is 1. The molecule has 0 spiro atoms. The van der Waals surface area contributed by atoms with Crippen molar-refractivity contribution < 1.29 is 4.74 Å². The molecule has 0 bridgehead atoms. The molecule has 94 valence electrons. The minimum Gasteiger partial charge on any atom is -0.375 e. The van der Waals surface area contributed by atoms with Gasteiger partial charge in [0.05, 0.1) is 5.60 Å². The maximum atomic E-state index is 5.79. The van der Waals surface area contributed by atoms with Crippen LogP contribution in [0.2, 0.25) is 0 Å². The van der Waals surface area contributed by atoms with E-state index >= 15 is 0 Å². The SMILES string of the molecule is CNC1CCN(C2CCOC(C)(C)C2)CC1. The van der Waals surface area contributed by atoms with Crippen LogP contribution >= 0.6 is 0 Å². The lowest BCUT2D eigenvalue weighted by atomic mass is 9.91. The van der Waals surface area contributed by atoms with E-state index in [0.717, 1.165) is 18.7 Å². The molecule has 1 N–H and O–H groups in total. The molecule has 1 atom stereocenters. The number of ether oxygens (including phenoxy) is 1. The maximum Gasteiger partial charge on any atom is 0.0641 e. The van der Waals surface area contributed by atoms with Gasteiger partial charge in [-0.25, -0.2) is 0 Å². The van der Waals surface area contributed by atoms with E-state index < -0.39 is 0 Å². The third-order valence-electron chi connectivity index (χ3n) is 4.13. The van der Waals surface area contributed by atoms with E-state index in [1.54, 1.807) is 0 Å². The molecule has 2 heterocycles. The number of likely N-dealkylation sites (tertiary alicyclic amines) is 1. The van der Waals surface area contributed by atoms with E-state index in [1.165, 1.54) is 38.8 Å². The predicted molar refractivity (Wildman–Crippen MR) is 66.7 cm³/mol. The Morgan fingerprint density at radius 3 is 2.44 bits per heavy atom. The summed E-state index contributed by atoms with van der Waals surface area (Å²) >= 11 is 0. The first-order valence-electron chi connectivity index (χ1n) is 6.66. The third-order valence-corrected chi connectivity index (χ3v) is 4.13. The van der Waals surface area contributed by atoms with Crippen LogP contribution in [0.1, 0.15) is 39.5 Å². The van der Waals surface area contributed by atoms with Gasteiger partial charge in [0.1, 0.15) is 0 Å². The number of hydrogen-bond donors (Lipinski definition) is 1. The van der Waals surface area contributed by atoms with Crippen molar-refractivity contribution in [3.8, 4) is 0 Å². The number of hydrogen-bond acceptors (Lipinski definition) is 3. The van der Waals surface area contributed by atoms with Crippen molar-refractivity contribution >= 4 is 0 Å². The Morgan fingerprint density at radius 2 is 1.88 bits per heavy atom. The van der Waals surface area contributed by atoms with Gasteiger partial charge in [0, 0.05) is 18.7 Å². The summed E-state index contributed by atoms with van der Waals surface area (Å²) in [6, 6.07) is 1.49. The zero-order valence-corrected chi connectivity index (χ0v) is 11.0. The molecule has 0 saturated carbocycles. The first-order chi connectivity index (χ1) is 7.61. The van der Waals surface area contributed by atoms with Crippen LogP contribution in [0.4, 0.5) is 0 Å². The second kappa shape index (κ2) is 5.03. The quantitative estimate of drug-likeness (QED) is 0.774. The average Bonchev–Trinajstić information content (AvgIpc) is 2.28. The first kappa shape index (κ1) is 12.3. The first-order valence-corrected chi connectivity index (χ1v) is 6.66. The highest BCUT2D eigenvalue weighted by Gasteiger charge is 2.33. The Hall–Kier alpha value is -0.120. The monoisotopic (exact) mass is 226 g/mol. The molecular formula is C13H26N2O. The van der Waals surface area contributed by atoms with Crippen molar-refractivity contribution in [1.82, 2.24) is 10.2 Å². The average molecular weight is 226 g/mol. The lowest BCUT2D eigenvalue weighted by Crippen LogP contribution is -2.50. The van der Waals surface area contributed by atoms with Crippen molar-refractivity contribution in [2.75, 3.05) is 26.7 Å². The van der Waals surface area contributed by atoms with Crippen molar-refractivity contribution in [1.29, 1.82) is 0 Å². The van der Waals surface area contributed by atoms with Crippen LogP contribution < -0.4 is 5.32 Å². The molecule has 3 nitrogen and oxygen atoms in total. The van der Waals surface area contributed by atoms with Crippen molar-refractivity contribution in [2.24, 2.45) is 0 Å². The summed E-state index contributed by atoms with van der Waals surface area (Å²) in [6.45, 7) is 7.89.